The quantitative estimate of drug-likeness (QED) is 0.404. The molecule has 0 bridgehead atoms. The molecule has 0 radical (unpaired) electrons. The van der Waals surface area contributed by atoms with Crippen LogP contribution in [0.25, 0.3) is 0 Å². The van der Waals surface area contributed by atoms with E-state index in [2.05, 4.69) is 10.2 Å². The number of halogens is 3. The van der Waals surface area contributed by atoms with Crippen LogP contribution >= 0.6 is 11.8 Å². The van der Waals surface area contributed by atoms with Crippen molar-refractivity contribution in [1.82, 2.24) is 14.8 Å². The molecular weight excluding hydrogens is 399 g/mol. The average Bonchev–Trinajstić information content (AvgIpc) is 3.03. The van der Waals surface area contributed by atoms with Crippen molar-refractivity contribution in [3.63, 3.8) is 0 Å². The van der Waals surface area contributed by atoms with Crippen LogP contribution in [0.2, 0.25) is 0 Å². The van der Waals surface area contributed by atoms with E-state index in [-0.39, 0.29) is 22.0 Å². The first-order valence-electron chi connectivity index (χ1n) is 8.48. The van der Waals surface area contributed by atoms with Gasteiger partial charge in [0.2, 0.25) is 5.95 Å². The molecule has 0 spiro atoms. The van der Waals surface area contributed by atoms with E-state index in [0.29, 0.717) is 31.9 Å². The molecule has 1 aromatic heterocycles. The number of non-ortho nitro benzene ring substituents is 1. The number of rotatable bonds is 6. The maximum absolute atomic E-state index is 13.1. The molecule has 3 rings (SSSR count). The van der Waals surface area contributed by atoms with Crippen molar-refractivity contribution < 1.29 is 22.8 Å². The lowest BCUT2D eigenvalue weighted by Gasteiger charge is -2.28. The van der Waals surface area contributed by atoms with Crippen LogP contribution in [0.5, 0.6) is 0 Å². The van der Waals surface area contributed by atoms with Gasteiger partial charge in [-0.3, -0.25) is 14.7 Å². The molecule has 1 saturated heterocycles. The van der Waals surface area contributed by atoms with Crippen LogP contribution in [-0.4, -0.2) is 52.2 Å². The minimum absolute atomic E-state index is 0.0734. The predicted octanol–water partition coefficient (Wildman–Crippen LogP) is 3.44. The smallest absolute Gasteiger partial charge is 0.378 e. The lowest BCUT2D eigenvalue weighted by atomic mass is 10.1. The lowest BCUT2D eigenvalue weighted by Crippen LogP contribution is -2.38. The molecule has 1 aliphatic heterocycles. The van der Waals surface area contributed by atoms with Gasteiger partial charge in [0.15, 0.2) is 5.16 Å². The molecule has 1 aliphatic rings. The number of aromatic nitrogens is 3. The van der Waals surface area contributed by atoms with Gasteiger partial charge < -0.3 is 9.64 Å². The summed E-state index contributed by atoms with van der Waals surface area (Å²) in [6, 6.07) is 6.01. The number of morpholine rings is 1. The molecule has 0 N–H and O–H groups in total. The molecule has 1 unspecified atom stereocenters. The van der Waals surface area contributed by atoms with Crippen molar-refractivity contribution in [2.45, 2.75) is 30.1 Å². The summed E-state index contributed by atoms with van der Waals surface area (Å²) in [6.45, 7) is 2.22. The standard InChI is InChI=1S/C16H18F3N5O3S/c1-11(12-3-2-4-13(9-12)24(25)26)28-15-21-20-14(22-5-7-27-8-6-22)23(15)10-16(17,18)19/h2-4,9,11H,5-8,10H2,1H3. The van der Waals surface area contributed by atoms with Crippen molar-refractivity contribution >= 4 is 23.4 Å². The summed E-state index contributed by atoms with van der Waals surface area (Å²) in [6.07, 6.45) is -4.44. The number of thioether (sulfide) groups is 1. The summed E-state index contributed by atoms with van der Waals surface area (Å²) < 4.78 is 45.7. The second-order valence-electron chi connectivity index (χ2n) is 6.20. The fraction of sp³-hybridized carbons (Fsp3) is 0.500. The number of nitro groups is 1. The first-order valence-corrected chi connectivity index (χ1v) is 9.36. The van der Waals surface area contributed by atoms with Crippen LogP contribution in [0.4, 0.5) is 24.8 Å². The van der Waals surface area contributed by atoms with E-state index in [1.54, 1.807) is 24.0 Å². The molecule has 1 fully saturated rings. The third-order valence-electron chi connectivity index (χ3n) is 4.16. The number of alkyl halides is 3. The second-order valence-corrected chi connectivity index (χ2v) is 7.50. The Hall–Kier alpha value is -2.34. The van der Waals surface area contributed by atoms with Gasteiger partial charge in [0.1, 0.15) is 6.54 Å². The Morgan fingerprint density at radius 2 is 2.04 bits per heavy atom. The topological polar surface area (TPSA) is 86.3 Å². The lowest BCUT2D eigenvalue weighted by molar-refractivity contribution is -0.384. The number of benzene rings is 1. The van der Waals surface area contributed by atoms with Crippen LogP contribution in [0.3, 0.4) is 0 Å². The average molecular weight is 417 g/mol. The molecule has 0 aliphatic carbocycles. The SMILES string of the molecule is CC(Sc1nnc(N2CCOCC2)n1CC(F)(F)F)c1cccc([N+](=O)[O-])c1. The van der Waals surface area contributed by atoms with Crippen molar-refractivity contribution in [1.29, 1.82) is 0 Å². The van der Waals surface area contributed by atoms with Gasteiger partial charge in [0.25, 0.3) is 5.69 Å². The van der Waals surface area contributed by atoms with E-state index in [9.17, 15) is 23.3 Å². The summed E-state index contributed by atoms with van der Waals surface area (Å²) in [5.41, 5.74) is 0.546. The Balaban J connectivity index is 1.87. The van der Waals surface area contributed by atoms with Gasteiger partial charge in [0.05, 0.1) is 18.1 Å². The van der Waals surface area contributed by atoms with Crippen molar-refractivity contribution in [2.24, 2.45) is 0 Å². The summed E-state index contributed by atoms with van der Waals surface area (Å²) in [5.74, 6) is 0.148. The number of nitro benzene ring substituents is 1. The van der Waals surface area contributed by atoms with E-state index < -0.39 is 17.6 Å². The minimum atomic E-state index is -4.44. The van der Waals surface area contributed by atoms with E-state index >= 15 is 0 Å². The number of hydrogen-bond acceptors (Lipinski definition) is 7. The van der Waals surface area contributed by atoms with Crippen LogP contribution in [0.15, 0.2) is 29.4 Å². The Labute approximate surface area is 162 Å². The molecular formula is C16H18F3N5O3S. The van der Waals surface area contributed by atoms with Crippen LogP contribution in [-0.2, 0) is 11.3 Å². The Morgan fingerprint density at radius 1 is 1.32 bits per heavy atom. The van der Waals surface area contributed by atoms with Gasteiger partial charge in [0, 0.05) is 30.5 Å². The Kier molecular flexibility index (Phi) is 6.08. The number of nitrogens with zero attached hydrogens (tertiary/aromatic N) is 5. The minimum Gasteiger partial charge on any atom is -0.378 e. The van der Waals surface area contributed by atoms with E-state index in [4.69, 9.17) is 4.74 Å². The summed E-state index contributed by atoms with van der Waals surface area (Å²) in [7, 11) is 0. The maximum atomic E-state index is 13.1. The van der Waals surface area contributed by atoms with E-state index in [0.717, 1.165) is 16.3 Å². The Morgan fingerprint density at radius 3 is 2.68 bits per heavy atom. The first kappa shape index (κ1) is 20.4. The van der Waals surface area contributed by atoms with E-state index in [1.165, 1.54) is 12.1 Å². The molecule has 12 heteroatoms. The van der Waals surface area contributed by atoms with Gasteiger partial charge in [-0.05, 0) is 12.5 Å². The number of anilines is 1. The summed E-state index contributed by atoms with van der Waals surface area (Å²) in [4.78, 5) is 12.2. The normalized spacial score (nSPS) is 16.2. The van der Waals surface area contributed by atoms with E-state index in [1.807, 2.05) is 0 Å². The molecule has 1 atom stereocenters. The van der Waals surface area contributed by atoms with Gasteiger partial charge >= 0.3 is 6.18 Å². The van der Waals surface area contributed by atoms with Crippen molar-refractivity contribution in [3.05, 3.63) is 39.9 Å². The van der Waals surface area contributed by atoms with Gasteiger partial charge in [-0.1, -0.05) is 23.9 Å². The third kappa shape index (κ3) is 4.93. The number of ether oxygens (including phenoxy) is 1. The van der Waals surface area contributed by atoms with Crippen LogP contribution < -0.4 is 4.90 Å². The summed E-state index contributed by atoms with van der Waals surface area (Å²) >= 11 is 1.08. The predicted molar refractivity (Wildman–Crippen MR) is 96.5 cm³/mol. The maximum Gasteiger partial charge on any atom is 0.406 e. The second kappa shape index (κ2) is 8.35. The molecule has 2 aromatic rings. The van der Waals surface area contributed by atoms with Gasteiger partial charge in [-0.25, -0.2) is 0 Å². The molecule has 1 aromatic carbocycles. The van der Waals surface area contributed by atoms with Crippen molar-refractivity contribution in [3.8, 4) is 0 Å². The third-order valence-corrected chi connectivity index (χ3v) is 5.30. The fourth-order valence-corrected chi connectivity index (χ4v) is 3.76. The Bertz CT molecular complexity index is 839. The van der Waals surface area contributed by atoms with Crippen molar-refractivity contribution in [2.75, 3.05) is 31.2 Å². The molecule has 0 saturated carbocycles. The van der Waals surface area contributed by atoms with Crippen LogP contribution in [0, 0.1) is 10.1 Å². The molecule has 0 amide bonds. The highest BCUT2D eigenvalue weighted by Crippen LogP contribution is 2.37. The zero-order valence-electron chi connectivity index (χ0n) is 14.9. The highest BCUT2D eigenvalue weighted by molar-refractivity contribution is 7.99. The highest BCUT2D eigenvalue weighted by atomic mass is 32.2. The summed E-state index contributed by atoms with van der Waals surface area (Å²) in [5, 5.41) is 18.6. The van der Waals surface area contributed by atoms with Gasteiger partial charge in [-0.15, -0.1) is 10.2 Å². The highest BCUT2D eigenvalue weighted by Gasteiger charge is 2.33. The monoisotopic (exact) mass is 417 g/mol. The van der Waals surface area contributed by atoms with Gasteiger partial charge in [-0.2, -0.15) is 13.2 Å². The fourth-order valence-electron chi connectivity index (χ4n) is 2.80. The molecule has 8 nitrogen and oxygen atoms in total. The zero-order valence-corrected chi connectivity index (χ0v) is 15.7. The first-order chi connectivity index (χ1) is 13.2. The molecule has 28 heavy (non-hydrogen) atoms. The largest absolute Gasteiger partial charge is 0.406 e. The molecule has 2 heterocycles. The zero-order chi connectivity index (χ0) is 20.3. The van der Waals surface area contributed by atoms with Crippen LogP contribution in [0.1, 0.15) is 17.7 Å². The molecule has 152 valence electrons. The number of hydrogen-bond donors (Lipinski definition) is 0.